The summed E-state index contributed by atoms with van der Waals surface area (Å²) < 4.78 is 32.9. The normalized spacial score (nSPS) is 16.0. The molecular weight excluding hydrogens is 454 g/mol. The van der Waals surface area contributed by atoms with Crippen LogP contribution < -0.4 is 10.9 Å². The monoisotopic (exact) mass is 483 g/mol. The quantitative estimate of drug-likeness (QED) is 0.560. The minimum atomic E-state index is -3.75. The van der Waals surface area contributed by atoms with Crippen molar-refractivity contribution in [2.45, 2.75) is 37.6 Å². The number of nitrogens with one attached hydrogen (secondary N) is 2. The maximum absolute atomic E-state index is 13.2. The molecule has 34 heavy (non-hydrogen) atoms. The highest BCUT2D eigenvalue weighted by atomic mass is 32.2. The van der Waals surface area contributed by atoms with Gasteiger partial charge in [-0.1, -0.05) is 38.1 Å². The molecule has 0 spiro atoms. The number of hydrogen-bond acceptors (Lipinski definition) is 5. The lowest BCUT2D eigenvalue weighted by molar-refractivity contribution is 0.0730. The van der Waals surface area contributed by atoms with Crippen LogP contribution in [0.15, 0.2) is 58.2 Å². The summed E-state index contributed by atoms with van der Waals surface area (Å²) in [5, 5.41) is 3.30. The third-order valence-corrected chi connectivity index (χ3v) is 8.01. The fourth-order valence-electron chi connectivity index (χ4n) is 4.04. The summed E-state index contributed by atoms with van der Waals surface area (Å²) >= 11 is 0. The van der Waals surface area contributed by atoms with E-state index in [0.29, 0.717) is 30.0 Å². The highest BCUT2D eigenvalue weighted by Crippen LogP contribution is 2.24. The van der Waals surface area contributed by atoms with Crippen molar-refractivity contribution in [1.82, 2.24) is 14.6 Å². The summed E-state index contributed by atoms with van der Waals surface area (Å²) in [4.78, 5) is 28.2. The molecule has 9 heteroatoms. The van der Waals surface area contributed by atoms with Crippen molar-refractivity contribution >= 4 is 26.8 Å². The number of nitrogens with zero attached hydrogens (tertiary/aromatic N) is 1. The van der Waals surface area contributed by atoms with E-state index in [0.717, 1.165) is 5.56 Å². The fraction of sp³-hybridized carbons (Fsp3) is 0.360. The second kappa shape index (κ2) is 9.69. The van der Waals surface area contributed by atoms with Gasteiger partial charge < -0.3 is 15.0 Å². The van der Waals surface area contributed by atoms with Gasteiger partial charge in [0.2, 0.25) is 15.6 Å². The molecule has 2 N–H and O–H groups in total. The Hall–Kier alpha value is -3.01. The van der Waals surface area contributed by atoms with Gasteiger partial charge in [-0.2, -0.15) is 4.31 Å². The molecule has 8 nitrogen and oxygen atoms in total. The third kappa shape index (κ3) is 4.91. The van der Waals surface area contributed by atoms with E-state index in [1.165, 1.54) is 34.1 Å². The first-order chi connectivity index (χ1) is 16.2. The van der Waals surface area contributed by atoms with Crippen molar-refractivity contribution in [3.63, 3.8) is 0 Å². The average Bonchev–Trinajstić information content (AvgIpc) is 2.83. The molecule has 1 saturated heterocycles. The number of amides is 1. The van der Waals surface area contributed by atoms with E-state index in [-0.39, 0.29) is 29.6 Å². The number of morpholine rings is 1. The van der Waals surface area contributed by atoms with Crippen molar-refractivity contribution in [1.29, 1.82) is 0 Å². The smallest absolute Gasteiger partial charge is 0.252 e. The number of carbonyl (C=O) groups is 1. The van der Waals surface area contributed by atoms with Crippen LogP contribution in [0.5, 0.6) is 0 Å². The Labute approximate surface area is 199 Å². The first-order valence-electron chi connectivity index (χ1n) is 11.3. The highest BCUT2D eigenvalue weighted by molar-refractivity contribution is 7.89. The second-order valence-electron chi connectivity index (χ2n) is 8.79. The zero-order valence-corrected chi connectivity index (χ0v) is 20.3. The molecule has 0 saturated carbocycles. The molecule has 1 aliphatic heterocycles. The standard InChI is InChI=1S/C25H29N3O5S/c1-16(2)18-4-6-19(7-5-18)17(3)26-25(30)22-15-24(29)27-23-9-8-20(14-21(22)23)34(31,32)28-10-12-33-13-11-28/h4-9,14-17H,10-13H2,1-3H3,(H,26,30)(H,27,29). The summed E-state index contributed by atoms with van der Waals surface area (Å²) in [6.45, 7) is 7.32. The molecule has 2 heterocycles. The summed E-state index contributed by atoms with van der Waals surface area (Å²) in [5.41, 5.74) is 2.23. The first-order valence-corrected chi connectivity index (χ1v) is 12.8. The second-order valence-corrected chi connectivity index (χ2v) is 10.7. The summed E-state index contributed by atoms with van der Waals surface area (Å²) in [6.07, 6.45) is 0. The Morgan fingerprint density at radius 1 is 1.00 bits per heavy atom. The molecule has 4 rings (SSSR count). The Kier molecular flexibility index (Phi) is 6.88. The topological polar surface area (TPSA) is 109 Å². The van der Waals surface area contributed by atoms with Gasteiger partial charge in [-0.05, 0) is 42.2 Å². The lowest BCUT2D eigenvalue weighted by atomic mass is 9.99. The van der Waals surface area contributed by atoms with Crippen molar-refractivity contribution in [3.05, 3.63) is 75.6 Å². The van der Waals surface area contributed by atoms with Crippen LogP contribution in [0.2, 0.25) is 0 Å². The number of rotatable bonds is 6. The van der Waals surface area contributed by atoms with Gasteiger partial charge in [0.1, 0.15) is 0 Å². The van der Waals surface area contributed by atoms with E-state index in [1.807, 2.05) is 31.2 Å². The number of ether oxygens (including phenoxy) is 1. The largest absolute Gasteiger partial charge is 0.379 e. The number of fused-ring (bicyclic) bond motifs is 1. The lowest BCUT2D eigenvalue weighted by Gasteiger charge is -2.26. The Bertz CT molecular complexity index is 1360. The van der Waals surface area contributed by atoms with Crippen LogP contribution in [0.3, 0.4) is 0 Å². The molecule has 1 fully saturated rings. The van der Waals surface area contributed by atoms with Crippen LogP contribution in [0, 0.1) is 0 Å². The maximum Gasteiger partial charge on any atom is 0.252 e. The molecule has 2 aromatic carbocycles. The number of carbonyl (C=O) groups excluding carboxylic acids is 1. The molecule has 1 atom stereocenters. The molecule has 0 bridgehead atoms. The molecule has 1 aromatic heterocycles. The number of aromatic amines is 1. The van der Waals surface area contributed by atoms with E-state index in [1.54, 1.807) is 0 Å². The van der Waals surface area contributed by atoms with E-state index in [4.69, 9.17) is 4.74 Å². The minimum absolute atomic E-state index is 0.0697. The summed E-state index contributed by atoms with van der Waals surface area (Å²) in [7, 11) is -3.75. The van der Waals surface area contributed by atoms with Crippen LogP contribution in [0.1, 0.15) is 54.2 Å². The van der Waals surface area contributed by atoms with E-state index in [2.05, 4.69) is 24.1 Å². The van der Waals surface area contributed by atoms with Crippen molar-refractivity contribution in [3.8, 4) is 0 Å². The van der Waals surface area contributed by atoms with Gasteiger partial charge in [0.25, 0.3) is 5.91 Å². The number of benzene rings is 2. The van der Waals surface area contributed by atoms with Crippen LogP contribution in [0.4, 0.5) is 0 Å². The summed E-state index contributed by atoms with van der Waals surface area (Å²) in [6, 6.07) is 13.3. The Morgan fingerprint density at radius 3 is 2.29 bits per heavy atom. The van der Waals surface area contributed by atoms with Crippen molar-refractivity contribution in [2.75, 3.05) is 26.3 Å². The van der Waals surface area contributed by atoms with Gasteiger partial charge in [-0.25, -0.2) is 8.42 Å². The highest BCUT2D eigenvalue weighted by Gasteiger charge is 2.27. The van der Waals surface area contributed by atoms with Gasteiger partial charge in [0, 0.05) is 30.1 Å². The van der Waals surface area contributed by atoms with Crippen LogP contribution >= 0.6 is 0 Å². The molecule has 0 radical (unpaired) electrons. The number of aromatic nitrogens is 1. The summed E-state index contributed by atoms with van der Waals surface area (Å²) in [5.74, 6) is -0.0400. The van der Waals surface area contributed by atoms with E-state index in [9.17, 15) is 18.0 Å². The van der Waals surface area contributed by atoms with Gasteiger partial charge in [-0.15, -0.1) is 0 Å². The number of sulfonamides is 1. The van der Waals surface area contributed by atoms with Crippen LogP contribution in [-0.2, 0) is 14.8 Å². The zero-order valence-electron chi connectivity index (χ0n) is 19.5. The maximum atomic E-state index is 13.2. The molecule has 1 unspecified atom stereocenters. The number of hydrogen-bond donors (Lipinski definition) is 2. The number of H-pyrrole nitrogens is 1. The zero-order chi connectivity index (χ0) is 24.5. The SMILES string of the molecule is CC(C)c1ccc(C(C)NC(=O)c2cc(=O)[nH]c3ccc(S(=O)(=O)N4CCOCC4)cc23)cc1. The van der Waals surface area contributed by atoms with Crippen LogP contribution in [0.25, 0.3) is 10.9 Å². The van der Waals surface area contributed by atoms with Crippen LogP contribution in [-0.4, -0.2) is 49.9 Å². The van der Waals surface area contributed by atoms with E-state index >= 15 is 0 Å². The number of pyridine rings is 1. The van der Waals surface area contributed by atoms with Gasteiger partial charge in [0.05, 0.1) is 29.7 Å². The first kappa shape index (κ1) is 24.1. The van der Waals surface area contributed by atoms with Gasteiger partial charge in [-0.3, -0.25) is 9.59 Å². The van der Waals surface area contributed by atoms with Crippen molar-refractivity contribution in [2.24, 2.45) is 0 Å². The van der Waals surface area contributed by atoms with Crippen molar-refractivity contribution < 1.29 is 17.9 Å². The molecular formula is C25H29N3O5S. The molecule has 1 amide bonds. The predicted octanol–water partition coefficient (Wildman–Crippen LogP) is 3.16. The molecule has 1 aliphatic rings. The lowest BCUT2D eigenvalue weighted by Crippen LogP contribution is -2.40. The Morgan fingerprint density at radius 2 is 1.65 bits per heavy atom. The Balaban J connectivity index is 1.66. The van der Waals surface area contributed by atoms with Gasteiger partial charge in [0.15, 0.2) is 0 Å². The molecule has 180 valence electrons. The van der Waals surface area contributed by atoms with Gasteiger partial charge >= 0.3 is 0 Å². The molecule has 3 aromatic rings. The molecule has 0 aliphatic carbocycles. The fourth-order valence-corrected chi connectivity index (χ4v) is 5.48. The average molecular weight is 484 g/mol. The van der Waals surface area contributed by atoms with E-state index < -0.39 is 21.5 Å². The third-order valence-electron chi connectivity index (χ3n) is 6.12. The predicted molar refractivity (Wildman–Crippen MR) is 131 cm³/mol. The minimum Gasteiger partial charge on any atom is -0.379 e.